The number of likely N-dealkylation sites (tertiary alicyclic amines) is 1. The average Bonchev–Trinajstić information content (AvgIpc) is 2.51. The lowest BCUT2D eigenvalue weighted by molar-refractivity contribution is -0.159. The lowest BCUT2D eigenvalue weighted by atomic mass is 9.91. The Balaban J connectivity index is 2.15. The fourth-order valence-electron chi connectivity index (χ4n) is 2.59. The van der Waals surface area contributed by atoms with Crippen LogP contribution in [0.25, 0.3) is 0 Å². The zero-order valence-corrected chi connectivity index (χ0v) is 13.3. The Kier molecular flexibility index (Phi) is 5.08. The van der Waals surface area contributed by atoms with Crippen LogP contribution in [-0.4, -0.2) is 47.2 Å². The molecular formula is C16H21FN2O4. The van der Waals surface area contributed by atoms with Gasteiger partial charge in [0, 0.05) is 32.5 Å². The van der Waals surface area contributed by atoms with Gasteiger partial charge in [-0.25, -0.2) is 14.0 Å². The van der Waals surface area contributed by atoms with E-state index in [2.05, 4.69) is 5.32 Å². The second-order valence-electron chi connectivity index (χ2n) is 5.66. The second kappa shape index (κ2) is 6.85. The van der Waals surface area contributed by atoms with Gasteiger partial charge in [-0.1, -0.05) is 6.07 Å². The van der Waals surface area contributed by atoms with Crippen molar-refractivity contribution in [3.63, 3.8) is 0 Å². The first-order valence-electron chi connectivity index (χ1n) is 7.59. The molecule has 1 fully saturated rings. The number of benzene rings is 1. The van der Waals surface area contributed by atoms with E-state index in [1.165, 1.54) is 12.1 Å². The van der Waals surface area contributed by atoms with Gasteiger partial charge in [0.2, 0.25) is 5.60 Å². The van der Waals surface area contributed by atoms with Gasteiger partial charge in [0.25, 0.3) is 0 Å². The van der Waals surface area contributed by atoms with Crippen molar-refractivity contribution in [3.05, 3.63) is 29.6 Å². The molecule has 0 aromatic heterocycles. The molecule has 0 saturated carbocycles. The van der Waals surface area contributed by atoms with Crippen molar-refractivity contribution in [1.29, 1.82) is 0 Å². The highest BCUT2D eigenvalue weighted by molar-refractivity contribution is 5.79. The van der Waals surface area contributed by atoms with E-state index in [0.29, 0.717) is 6.54 Å². The zero-order chi connectivity index (χ0) is 17.0. The van der Waals surface area contributed by atoms with Crippen LogP contribution in [0.3, 0.4) is 0 Å². The van der Waals surface area contributed by atoms with Crippen molar-refractivity contribution in [1.82, 2.24) is 10.2 Å². The molecule has 0 spiro atoms. The van der Waals surface area contributed by atoms with E-state index in [-0.39, 0.29) is 37.7 Å². The van der Waals surface area contributed by atoms with Crippen molar-refractivity contribution in [2.75, 3.05) is 19.6 Å². The number of carboxylic acids is 1. The molecule has 7 heteroatoms. The predicted octanol–water partition coefficient (Wildman–Crippen LogP) is 2.16. The number of carboxylic acid groups (broad SMARTS) is 1. The molecular weight excluding hydrogens is 303 g/mol. The van der Waals surface area contributed by atoms with E-state index in [1.54, 1.807) is 17.9 Å². The highest BCUT2D eigenvalue weighted by Gasteiger charge is 2.45. The summed E-state index contributed by atoms with van der Waals surface area (Å²) < 4.78 is 19.4. The van der Waals surface area contributed by atoms with Gasteiger partial charge in [-0.15, -0.1) is 0 Å². The predicted molar refractivity (Wildman–Crippen MR) is 82.0 cm³/mol. The number of hydrogen-bond acceptors (Lipinski definition) is 3. The number of carbonyl (C=O) groups is 2. The smallest absolute Gasteiger partial charge is 0.348 e. The molecule has 1 aliphatic heterocycles. The summed E-state index contributed by atoms with van der Waals surface area (Å²) >= 11 is 0. The number of aryl methyl sites for hydroxylation is 1. The van der Waals surface area contributed by atoms with E-state index >= 15 is 0 Å². The van der Waals surface area contributed by atoms with Crippen molar-refractivity contribution < 1.29 is 23.8 Å². The first-order chi connectivity index (χ1) is 10.9. The molecule has 0 atom stereocenters. The summed E-state index contributed by atoms with van der Waals surface area (Å²) in [5.74, 6) is -1.81. The van der Waals surface area contributed by atoms with Crippen LogP contribution in [0.2, 0.25) is 0 Å². The summed E-state index contributed by atoms with van der Waals surface area (Å²) in [6.45, 7) is 4.58. The third-order valence-corrected chi connectivity index (χ3v) is 3.97. The molecule has 0 radical (unpaired) electrons. The Morgan fingerprint density at radius 3 is 2.61 bits per heavy atom. The minimum Gasteiger partial charge on any atom is -0.478 e. The molecule has 126 valence electrons. The first-order valence-corrected chi connectivity index (χ1v) is 7.59. The number of nitrogens with one attached hydrogen (secondary N) is 1. The van der Waals surface area contributed by atoms with E-state index in [1.807, 2.05) is 6.92 Å². The molecule has 1 saturated heterocycles. The topological polar surface area (TPSA) is 78.9 Å². The molecule has 2 N–H and O–H groups in total. The van der Waals surface area contributed by atoms with Gasteiger partial charge in [-0.2, -0.15) is 0 Å². The number of piperidine rings is 1. The second-order valence-corrected chi connectivity index (χ2v) is 5.66. The minimum atomic E-state index is -1.52. The minimum absolute atomic E-state index is 0.0705. The SMILES string of the molecule is CCNC(=O)N1CCC(Oc2cc(C)ccc2F)(C(=O)O)CC1. The lowest BCUT2D eigenvalue weighted by Gasteiger charge is -2.38. The van der Waals surface area contributed by atoms with E-state index in [9.17, 15) is 19.1 Å². The Morgan fingerprint density at radius 1 is 1.39 bits per heavy atom. The Labute approximate surface area is 134 Å². The number of ether oxygens (including phenoxy) is 1. The molecule has 1 aromatic rings. The quantitative estimate of drug-likeness (QED) is 0.889. The van der Waals surface area contributed by atoms with E-state index < -0.39 is 17.4 Å². The molecule has 2 rings (SSSR count). The van der Waals surface area contributed by atoms with E-state index in [4.69, 9.17) is 4.74 Å². The molecule has 2 amide bonds. The summed E-state index contributed by atoms with van der Waals surface area (Å²) in [7, 11) is 0. The number of urea groups is 1. The van der Waals surface area contributed by atoms with Gasteiger partial charge in [0.15, 0.2) is 11.6 Å². The molecule has 0 aliphatic carbocycles. The maximum absolute atomic E-state index is 13.9. The van der Waals surface area contributed by atoms with Crippen molar-refractivity contribution in [2.24, 2.45) is 0 Å². The van der Waals surface area contributed by atoms with E-state index in [0.717, 1.165) is 5.56 Å². The maximum atomic E-state index is 13.9. The van der Waals surface area contributed by atoms with Gasteiger partial charge in [-0.3, -0.25) is 0 Å². The van der Waals surface area contributed by atoms with Crippen LogP contribution in [0, 0.1) is 12.7 Å². The fraction of sp³-hybridized carbons (Fsp3) is 0.500. The van der Waals surface area contributed by atoms with Crippen LogP contribution in [-0.2, 0) is 4.79 Å². The number of rotatable bonds is 4. The summed E-state index contributed by atoms with van der Waals surface area (Å²) in [5, 5.41) is 12.2. The van der Waals surface area contributed by atoms with Crippen molar-refractivity contribution in [2.45, 2.75) is 32.3 Å². The van der Waals surface area contributed by atoms with Crippen molar-refractivity contribution in [3.8, 4) is 5.75 Å². The Bertz CT molecular complexity index is 598. The van der Waals surface area contributed by atoms with Crippen LogP contribution in [0.5, 0.6) is 5.75 Å². The normalized spacial score (nSPS) is 16.7. The summed E-state index contributed by atoms with van der Waals surface area (Å²) in [6.07, 6.45) is 0.208. The number of nitrogens with zero attached hydrogens (tertiary/aromatic N) is 1. The largest absolute Gasteiger partial charge is 0.478 e. The van der Waals surface area contributed by atoms with Crippen molar-refractivity contribution >= 4 is 12.0 Å². The Hall–Kier alpha value is -2.31. The molecule has 6 nitrogen and oxygen atoms in total. The molecule has 0 bridgehead atoms. The number of aliphatic carboxylic acids is 1. The molecule has 1 aliphatic rings. The van der Waals surface area contributed by atoms with Crippen LogP contribution >= 0.6 is 0 Å². The van der Waals surface area contributed by atoms with Gasteiger partial charge in [0.1, 0.15) is 0 Å². The zero-order valence-electron chi connectivity index (χ0n) is 13.3. The van der Waals surface area contributed by atoms with Gasteiger partial charge >= 0.3 is 12.0 Å². The van der Waals surface area contributed by atoms with Crippen LogP contribution < -0.4 is 10.1 Å². The maximum Gasteiger partial charge on any atom is 0.348 e. The molecule has 1 aromatic carbocycles. The van der Waals surface area contributed by atoms with Gasteiger partial charge < -0.3 is 20.1 Å². The van der Waals surface area contributed by atoms with Crippen LogP contribution in [0.15, 0.2) is 18.2 Å². The molecule has 0 unspecified atom stereocenters. The number of hydrogen-bond donors (Lipinski definition) is 2. The highest BCUT2D eigenvalue weighted by atomic mass is 19.1. The van der Waals surface area contributed by atoms with Gasteiger partial charge in [-0.05, 0) is 31.5 Å². The number of carbonyl (C=O) groups excluding carboxylic acids is 1. The van der Waals surface area contributed by atoms with Gasteiger partial charge in [0.05, 0.1) is 0 Å². The number of halogens is 1. The summed E-state index contributed by atoms with van der Waals surface area (Å²) in [4.78, 5) is 25.1. The van der Waals surface area contributed by atoms with Crippen LogP contribution in [0.4, 0.5) is 9.18 Å². The number of amides is 2. The highest BCUT2D eigenvalue weighted by Crippen LogP contribution is 2.31. The molecule has 23 heavy (non-hydrogen) atoms. The summed E-state index contributed by atoms with van der Waals surface area (Å²) in [6, 6.07) is 4.10. The third-order valence-electron chi connectivity index (χ3n) is 3.97. The third kappa shape index (κ3) is 3.72. The first kappa shape index (κ1) is 17.1. The fourth-order valence-corrected chi connectivity index (χ4v) is 2.59. The summed E-state index contributed by atoms with van der Waals surface area (Å²) in [5.41, 5.74) is -0.737. The Morgan fingerprint density at radius 2 is 2.04 bits per heavy atom. The average molecular weight is 324 g/mol. The standard InChI is InChI=1S/C16H21FN2O4/c1-3-18-15(22)19-8-6-16(7-9-19,14(20)21)23-13-10-11(2)4-5-12(13)17/h4-5,10H,3,6-9H2,1-2H3,(H,18,22)(H,20,21). The molecule has 1 heterocycles. The van der Waals surface area contributed by atoms with Crippen LogP contribution in [0.1, 0.15) is 25.3 Å². The lowest BCUT2D eigenvalue weighted by Crippen LogP contribution is -2.55. The monoisotopic (exact) mass is 324 g/mol.